The Kier molecular flexibility index (Phi) is 7.11. The van der Waals surface area contributed by atoms with Crippen molar-refractivity contribution in [2.45, 2.75) is 44.6 Å². The van der Waals surface area contributed by atoms with Gasteiger partial charge in [-0.25, -0.2) is 9.97 Å². The van der Waals surface area contributed by atoms with Crippen LogP contribution in [0.5, 0.6) is 0 Å². The highest BCUT2D eigenvalue weighted by Gasteiger charge is 2.25. The van der Waals surface area contributed by atoms with E-state index in [2.05, 4.69) is 15.2 Å². The zero-order valence-corrected chi connectivity index (χ0v) is 17.5. The summed E-state index contributed by atoms with van der Waals surface area (Å²) < 4.78 is 10.9. The van der Waals surface area contributed by atoms with Crippen molar-refractivity contribution < 1.29 is 19.1 Å². The van der Waals surface area contributed by atoms with Gasteiger partial charge in [-0.15, -0.1) is 0 Å². The number of carbonyl (C=O) groups is 2. The molecular weight excluding hydrogens is 386 g/mol. The first-order chi connectivity index (χ1) is 14.7. The van der Waals surface area contributed by atoms with Crippen LogP contribution in [0, 0.1) is 0 Å². The SMILES string of the molecule is O=C(C[C@@H]1CCCO1)NCCc1nc(N2CCOCC2)ncc1C(=O)N1CCCC1. The van der Waals surface area contributed by atoms with E-state index in [-0.39, 0.29) is 17.9 Å². The van der Waals surface area contributed by atoms with Crippen LogP contribution in [0.3, 0.4) is 0 Å². The molecule has 1 atom stereocenters. The van der Waals surface area contributed by atoms with Crippen LogP contribution >= 0.6 is 0 Å². The summed E-state index contributed by atoms with van der Waals surface area (Å²) in [6, 6.07) is 0. The van der Waals surface area contributed by atoms with Crippen molar-refractivity contribution >= 4 is 17.8 Å². The molecule has 2 amide bonds. The van der Waals surface area contributed by atoms with Crippen LogP contribution in [0.4, 0.5) is 5.95 Å². The number of nitrogens with one attached hydrogen (secondary N) is 1. The normalized spacial score (nSPS) is 21.8. The highest BCUT2D eigenvalue weighted by molar-refractivity contribution is 5.95. The van der Waals surface area contributed by atoms with Crippen molar-refractivity contribution in [3.63, 3.8) is 0 Å². The van der Waals surface area contributed by atoms with Gasteiger partial charge in [-0.2, -0.15) is 0 Å². The van der Waals surface area contributed by atoms with Gasteiger partial charge in [0.1, 0.15) is 0 Å². The molecule has 3 fully saturated rings. The predicted octanol–water partition coefficient (Wildman–Crippen LogP) is 0.777. The highest BCUT2D eigenvalue weighted by atomic mass is 16.5. The van der Waals surface area contributed by atoms with Crippen LogP contribution in [0.2, 0.25) is 0 Å². The molecule has 30 heavy (non-hydrogen) atoms. The largest absolute Gasteiger partial charge is 0.378 e. The second-order valence-corrected chi connectivity index (χ2v) is 8.07. The lowest BCUT2D eigenvalue weighted by molar-refractivity contribution is -0.123. The lowest BCUT2D eigenvalue weighted by Crippen LogP contribution is -2.38. The summed E-state index contributed by atoms with van der Waals surface area (Å²) in [4.78, 5) is 38.3. The number of hydrogen-bond acceptors (Lipinski definition) is 7. The molecule has 0 unspecified atom stereocenters. The summed E-state index contributed by atoms with van der Waals surface area (Å²) in [5, 5.41) is 2.95. The molecular formula is C21H31N5O4. The maximum Gasteiger partial charge on any atom is 0.257 e. The number of ether oxygens (including phenoxy) is 2. The van der Waals surface area contributed by atoms with Crippen LogP contribution < -0.4 is 10.2 Å². The van der Waals surface area contributed by atoms with E-state index in [1.165, 1.54) is 0 Å². The number of aromatic nitrogens is 2. The van der Waals surface area contributed by atoms with E-state index in [9.17, 15) is 9.59 Å². The minimum atomic E-state index is -0.0169. The number of carbonyl (C=O) groups excluding carboxylic acids is 2. The molecule has 1 N–H and O–H groups in total. The average Bonchev–Trinajstić information content (AvgIpc) is 3.48. The Morgan fingerprint density at radius 2 is 1.90 bits per heavy atom. The number of hydrogen-bond donors (Lipinski definition) is 1. The Balaban J connectivity index is 1.42. The molecule has 3 aliphatic heterocycles. The van der Waals surface area contributed by atoms with Gasteiger partial charge in [-0.1, -0.05) is 0 Å². The maximum absolute atomic E-state index is 13.0. The van der Waals surface area contributed by atoms with Crippen molar-refractivity contribution in [1.29, 1.82) is 0 Å². The van der Waals surface area contributed by atoms with Gasteiger partial charge in [0.25, 0.3) is 5.91 Å². The number of anilines is 1. The quantitative estimate of drug-likeness (QED) is 0.700. The fraction of sp³-hybridized carbons (Fsp3) is 0.714. The van der Waals surface area contributed by atoms with E-state index in [1.807, 2.05) is 4.90 Å². The van der Waals surface area contributed by atoms with Gasteiger partial charge in [0.15, 0.2) is 0 Å². The van der Waals surface area contributed by atoms with Crippen LogP contribution in [-0.4, -0.2) is 85.3 Å². The van der Waals surface area contributed by atoms with E-state index < -0.39 is 0 Å². The Labute approximate surface area is 177 Å². The monoisotopic (exact) mass is 417 g/mol. The molecule has 0 saturated carbocycles. The second kappa shape index (κ2) is 10.2. The lowest BCUT2D eigenvalue weighted by atomic mass is 10.1. The number of likely N-dealkylation sites (tertiary alicyclic amines) is 1. The van der Waals surface area contributed by atoms with Crippen LogP contribution in [0.25, 0.3) is 0 Å². The van der Waals surface area contributed by atoms with Crippen molar-refractivity contribution in [3.05, 3.63) is 17.5 Å². The molecule has 3 aliphatic rings. The van der Waals surface area contributed by atoms with Gasteiger partial charge in [0, 0.05) is 51.9 Å². The molecule has 9 nitrogen and oxygen atoms in total. The van der Waals surface area contributed by atoms with Crippen LogP contribution in [0.1, 0.15) is 48.2 Å². The molecule has 1 aromatic heterocycles. The molecule has 0 radical (unpaired) electrons. The molecule has 9 heteroatoms. The number of nitrogens with zero attached hydrogens (tertiary/aromatic N) is 4. The summed E-state index contributed by atoms with van der Waals surface area (Å²) >= 11 is 0. The summed E-state index contributed by atoms with van der Waals surface area (Å²) in [6.07, 6.45) is 6.60. The van der Waals surface area contributed by atoms with Gasteiger partial charge >= 0.3 is 0 Å². The van der Waals surface area contributed by atoms with E-state index in [4.69, 9.17) is 14.5 Å². The summed E-state index contributed by atoms with van der Waals surface area (Å²) in [6.45, 7) is 5.49. The van der Waals surface area contributed by atoms with Gasteiger partial charge < -0.3 is 24.6 Å². The average molecular weight is 418 g/mol. The van der Waals surface area contributed by atoms with Gasteiger partial charge in [-0.3, -0.25) is 9.59 Å². The molecule has 0 aliphatic carbocycles. The summed E-state index contributed by atoms with van der Waals surface area (Å²) in [5.74, 6) is 0.593. The minimum Gasteiger partial charge on any atom is -0.378 e. The minimum absolute atomic E-state index is 0.0123. The maximum atomic E-state index is 13.0. The fourth-order valence-electron chi connectivity index (χ4n) is 4.19. The first-order valence-corrected chi connectivity index (χ1v) is 11.1. The molecule has 4 heterocycles. The van der Waals surface area contributed by atoms with Crippen LogP contribution in [-0.2, 0) is 20.7 Å². The predicted molar refractivity (Wildman–Crippen MR) is 111 cm³/mol. The third-order valence-corrected chi connectivity index (χ3v) is 5.89. The van der Waals surface area contributed by atoms with Crippen molar-refractivity contribution in [3.8, 4) is 0 Å². The van der Waals surface area contributed by atoms with E-state index in [0.717, 1.165) is 58.5 Å². The zero-order chi connectivity index (χ0) is 20.8. The van der Waals surface area contributed by atoms with E-state index >= 15 is 0 Å². The lowest BCUT2D eigenvalue weighted by Gasteiger charge is -2.27. The third-order valence-electron chi connectivity index (χ3n) is 5.89. The standard InChI is InChI=1S/C21H31N5O4/c27-19(14-16-4-3-11-30-16)22-6-5-18-17(20(28)25-7-1-2-8-25)15-23-21(24-18)26-9-12-29-13-10-26/h15-16H,1-14H2,(H,22,27)/t16-/m0/s1. The molecule has 164 valence electrons. The second-order valence-electron chi connectivity index (χ2n) is 8.07. The number of amides is 2. The third kappa shape index (κ3) is 5.26. The van der Waals surface area contributed by atoms with Crippen molar-refractivity contribution in [1.82, 2.24) is 20.2 Å². The van der Waals surface area contributed by atoms with E-state index in [0.29, 0.717) is 49.8 Å². The Morgan fingerprint density at radius 3 is 2.63 bits per heavy atom. The van der Waals surface area contributed by atoms with E-state index in [1.54, 1.807) is 6.20 Å². The molecule has 4 rings (SSSR count). The Morgan fingerprint density at radius 1 is 1.10 bits per heavy atom. The zero-order valence-electron chi connectivity index (χ0n) is 17.5. The van der Waals surface area contributed by atoms with Gasteiger partial charge in [0.2, 0.25) is 11.9 Å². The van der Waals surface area contributed by atoms with Crippen LogP contribution in [0.15, 0.2) is 6.20 Å². The summed E-state index contributed by atoms with van der Waals surface area (Å²) in [5.41, 5.74) is 1.24. The smallest absolute Gasteiger partial charge is 0.257 e. The molecule has 3 saturated heterocycles. The topological polar surface area (TPSA) is 96.9 Å². The fourth-order valence-corrected chi connectivity index (χ4v) is 4.19. The molecule has 0 bridgehead atoms. The molecule has 0 spiro atoms. The first-order valence-electron chi connectivity index (χ1n) is 11.1. The first kappa shape index (κ1) is 21.0. The molecule has 1 aromatic rings. The number of rotatable bonds is 7. The summed E-state index contributed by atoms with van der Waals surface area (Å²) in [7, 11) is 0. The van der Waals surface area contributed by atoms with Crippen molar-refractivity contribution in [2.75, 3.05) is 57.4 Å². The molecule has 0 aromatic carbocycles. The Bertz CT molecular complexity index is 741. The van der Waals surface area contributed by atoms with Crippen molar-refractivity contribution in [2.24, 2.45) is 0 Å². The highest BCUT2D eigenvalue weighted by Crippen LogP contribution is 2.19. The van der Waals surface area contributed by atoms with Gasteiger partial charge in [0.05, 0.1) is 37.0 Å². The number of morpholine rings is 1. The van der Waals surface area contributed by atoms with Gasteiger partial charge in [-0.05, 0) is 25.7 Å². The Hall–Kier alpha value is -2.26.